The minimum Gasteiger partial charge on any atom is -0.387 e. The first-order valence-corrected chi connectivity index (χ1v) is 7.42. The van der Waals surface area contributed by atoms with Crippen molar-refractivity contribution in [2.24, 2.45) is 0 Å². The summed E-state index contributed by atoms with van der Waals surface area (Å²) in [6.07, 6.45) is 0.763. The van der Waals surface area contributed by atoms with Crippen LogP contribution in [0.4, 0.5) is 4.39 Å². The van der Waals surface area contributed by atoms with Gasteiger partial charge in [0.15, 0.2) is 0 Å². The van der Waals surface area contributed by atoms with Crippen LogP contribution in [0.15, 0.2) is 18.2 Å². The Morgan fingerprint density at radius 3 is 2.86 bits per heavy atom. The van der Waals surface area contributed by atoms with Crippen molar-refractivity contribution in [1.29, 1.82) is 0 Å². The van der Waals surface area contributed by atoms with E-state index in [1.54, 1.807) is 6.07 Å². The number of carbonyl (C=O) groups excluding carboxylic acids is 1. The zero-order valence-electron chi connectivity index (χ0n) is 12.1. The van der Waals surface area contributed by atoms with E-state index in [1.807, 2.05) is 0 Å². The highest BCUT2D eigenvalue weighted by Gasteiger charge is 2.37. The predicted octanol–water partition coefficient (Wildman–Crippen LogP) is 2.11. The molecule has 0 aromatic heterocycles. The fourth-order valence-corrected chi connectivity index (χ4v) is 3.04. The summed E-state index contributed by atoms with van der Waals surface area (Å²) in [7, 11) is 0. The fraction of sp³-hybridized carbons (Fsp3) is 0.533. The van der Waals surface area contributed by atoms with Gasteiger partial charge in [-0.25, -0.2) is 4.39 Å². The third kappa shape index (κ3) is 3.54. The molecule has 1 aliphatic rings. The third-order valence-electron chi connectivity index (χ3n) is 3.88. The average Bonchev–Trinajstić information content (AvgIpc) is 2.85. The van der Waals surface area contributed by atoms with Crippen LogP contribution < -0.4 is 5.32 Å². The van der Waals surface area contributed by atoms with E-state index in [2.05, 4.69) is 24.1 Å². The largest absolute Gasteiger partial charge is 0.387 e. The lowest BCUT2D eigenvalue weighted by Crippen LogP contribution is -2.42. The smallest absolute Gasteiger partial charge is 0.245 e. The maximum Gasteiger partial charge on any atom is 0.245 e. The number of benzene rings is 1. The molecule has 0 aliphatic carbocycles. The van der Waals surface area contributed by atoms with Gasteiger partial charge in [0, 0.05) is 18.6 Å². The van der Waals surface area contributed by atoms with Gasteiger partial charge in [0.1, 0.15) is 12.4 Å². The Morgan fingerprint density at radius 2 is 2.29 bits per heavy atom. The number of amides is 1. The Labute approximate surface area is 128 Å². The lowest BCUT2D eigenvalue weighted by atomic mass is 9.99. The summed E-state index contributed by atoms with van der Waals surface area (Å²) < 4.78 is 13.7. The van der Waals surface area contributed by atoms with Gasteiger partial charge < -0.3 is 10.4 Å². The molecule has 0 spiro atoms. The summed E-state index contributed by atoms with van der Waals surface area (Å²) in [6, 6.07) is 4.75. The van der Waals surface area contributed by atoms with E-state index in [0.717, 1.165) is 18.5 Å². The molecular formula is C15H20ClFN2O2. The van der Waals surface area contributed by atoms with Crippen LogP contribution in [-0.4, -0.2) is 41.1 Å². The highest BCUT2D eigenvalue weighted by molar-refractivity contribution is 6.30. The van der Waals surface area contributed by atoms with Gasteiger partial charge in [-0.3, -0.25) is 9.69 Å². The zero-order chi connectivity index (χ0) is 15.6. The van der Waals surface area contributed by atoms with Crippen molar-refractivity contribution in [2.45, 2.75) is 38.4 Å². The third-order valence-corrected chi connectivity index (χ3v) is 4.18. The van der Waals surface area contributed by atoms with Gasteiger partial charge in [-0.2, -0.15) is 0 Å². The minimum atomic E-state index is -0.542. The summed E-state index contributed by atoms with van der Waals surface area (Å²) in [6.45, 7) is 4.40. The average molecular weight is 315 g/mol. The number of carbonyl (C=O) groups is 1. The van der Waals surface area contributed by atoms with E-state index in [-0.39, 0.29) is 23.1 Å². The molecule has 2 atom stereocenters. The number of hydrogen-bond acceptors (Lipinski definition) is 3. The van der Waals surface area contributed by atoms with E-state index in [4.69, 9.17) is 16.7 Å². The molecule has 21 heavy (non-hydrogen) atoms. The first-order valence-electron chi connectivity index (χ1n) is 7.05. The van der Waals surface area contributed by atoms with Crippen LogP contribution in [0.25, 0.3) is 0 Å². The Morgan fingerprint density at radius 1 is 1.57 bits per heavy atom. The van der Waals surface area contributed by atoms with Gasteiger partial charge in [0.25, 0.3) is 0 Å². The molecular weight excluding hydrogens is 295 g/mol. The molecule has 0 radical (unpaired) electrons. The number of halogens is 2. The number of likely N-dealkylation sites (tertiary alicyclic amines) is 1. The van der Waals surface area contributed by atoms with Crippen molar-refractivity contribution in [3.8, 4) is 0 Å². The van der Waals surface area contributed by atoms with Crippen molar-refractivity contribution >= 4 is 17.5 Å². The Kier molecular flexibility index (Phi) is 5.19. The molecule has 116 valence electrons. The molecule has 0 saturated carbocycles. The number of aliphatic hydroxyl groups is 1. The topological polar surface area (TPSA) is 52.6 Å². The monoisotopic (exact) mass is 314 g/mol. The highest BCUT2D eigenvalue weighted by Crippen LogP contribution is 2.35. The van der Waals surface area contributed by atoms with Gasteiger partial charge in [-0.1, -0.05) is 17.7 Å². The van der Waals surface area contributed by atoms with Gasteiger partial charge in [-0.05, 0) is 38.0 Å². The molecule has 1 aromatic rings. The summed E-state index contributed by atoms with van der Waals surface area (Å²) in [5.41, 5.74) is 0.784. The second kappa shape index (κ2) is 6.73. The maximum atomic E-state index is 13.7. The molecule has 1 aromatic carbocycles. The van der Waals surface area contributed by atoms with E-state index in [0.29, 0.717) is 0 Å². The second-order valence-corrected chi connectivity index (χ2v) is 5.98. The van der Waals surface area contributed by atoms with Crippen LogP contribution >= 0.6 is 11.6 Å². The molecule has 0 bridgehead atoms. The Hall–Kier alpha value is -1.17. The van der Waals surface area contributed by atoms with Crippen LogP contribution in [0.2, 0.25) is 5.02 Å². The van der Waals surface area contributed by atoms with Crippen molar-refractivity contribution in [3.63, 3.8) is 0 Å². The van der Waals surface area contributed by atoms with Crippen molar-refractivity contribution in [3.05, 3.63) is 34.6 Å². The number of nitrogens with one attached hydrogen (secondary N) is 1. The molecule has 6 heteroatoms. The summed E-state index contributed by atoms with van der Waals surface area (Å²) in [5, 5.41) is 11.8. The fourth-order valence-electron chi connectivity index (χ4n) is 2.92. The van der Waals surface area contributed by atoms with E-state index in [1.165, 1.54) is 12.1 Å². The standard InChI is InChI=1S/C15H20ClFN2O2/c1-9(2)19-6-5-13(18-14(21)8-20)15(19)10-3-4-11(16)12(17)7-10/h3-4,7,9,13,15,20H,5-6,8H2,1-2H3,(H,18,21). The van der Waals surface area contributed by atoms with Gasteiger partial charge in [0.05, 0.1) is 11.1 Å². The first kappa shape index (κ1) is 16.2. The van der Waals surface area contributed by atoms with Gasteiger partial charge >= 0.3 is 0 Å². The first-order chi connectivity index (χ1) is 9.93. The quantitative estimate of drug-likeness (QED) is 0.895. The van der Waals surface area contributed by atoms with Crippen LogP contribution in [0, 0.1) is 5.82 Å². The summed E-state index contributed by atoms with van der Waals surface area (Å²) in [4.78, 5) is 13.7. The molecule has 1 saturated heterocycles. The van der Waals surface area contributed by atoms with Gasteiger partial charge in [-0.15, -0.1) is 0 Å². The number of hydrogen-bond donors (Lipinski definition) is 2. The molecule has 1 amide bonds. The van der Waals surface area contributed by atoms with Crippen LogP contribution in [0.1, 0.15) is 31.9 Å². The molecule has 2 rings (SSSR count). The summed E-state index contributed by atoms with van der Waals surface area (Å²) in [5.74, 6) is -0.873. The number of rotatable bonds is 4. The maximum absolute atomic E-state index is 13.7. The molecule has 1 aliphatic heterocycles. The van der Waals surface area contributed by atoms with Crippen molar-refractivity contribution in [2.75, 3.05) is 13.2 Å². The second-order valence-electron chi connectivity index (χ2n) is 5.57. The van der Waals surface area contributed by atoms with Gasteiger partial charge in [0.2, 0.25) is 5.91 Å². The predicted molar refractivity (Wildman–Crippen MR) is 79.6 cm³/mol. The van der Waals surface area contributed by atoms with Crippen LogP contribution in [-0.2, 0) is 4.79 Å². The molecule has 2 unspecified atom stereocenters. The molecule has 4 nitrogen and oxygen atoms in total. The van der Waals surface area contributed by atoms with E-state index in [9.17, 15) is 9.18 Å². The lowest BCUT2D eigenvalue weighted by Gasteiger charge is -2.32. The van der Waals surface area contributed by atoms with E-state index < -0.39 is 18.3 Å². The van der Waals surface area contributed by atoms with Crippen LogP contribution in [0.5, 0.6) is 0 Å². The Bertz CT molecular complexity index is 524. The molecule has 1 fully saturated rings. The zero-order valence-corrected chi connectivity index (χ0v) is 12.9. The van der Waals surface area contributed by atoms with E-state index >= 15 is 0 Å². The number of aliphatic hydroxyl groups excluding tert-OH is 1. The van der Waals surface area contributed by atoms with Crippen LogP contribution in [0.3, 0.4) is 0 Å². The minimum absolute atomic E-state index is 0.0868. The molecule has 2 N–H and O–H groups in total. The molecule has 1 heterocycles. The highest BCUT2D eigenvalue weighted by atomic mass is 35.5. The lowest BCUT2D eigenvalue weighted by molar-refractivity contribution is -0.124. The summed E-state index contributed by atoms with van der Waals surface area (Å²) >= 11 is 5.74. The normalized spacial score (nSPS) is 22.8. The SMILES string of the molecule is CC(C)N1CCC(NC(=O)CO)C1c1ccc(Cl)c(F)c1. The Balaban J connectivity index is 2.31. The number of nitrogens with zero attached hydrogens (tertiary/aromatic N) is 1. The van der Waals surface area contributed by atoms with Crippen molar-refractivity contribution < 1.29 is 14.3 Å². The van der Waals surface area contributed by atoms with Crippen molar-refractivity contribution in [1.82, 2.24) is 10.2 Å².